The lowest BCUT2D eigenvalue weighted by Gasteiger charge is -2.17. The van der Waals surface area contributed by atoms with Gasteiger partial charge in [0, 0.05) is 43.2 Å². The van der Waals surface area contributed by atoms with Gasteiger partial charge in [-0.15, -0.1) is 0 Å². The van der Waals surface area contributed by atoms with E-state index in [0.717, 1.165) is 42.4 Å². The first kappa shape index (κ1) is 13.5. The summed E-state index contributed by atoms with van der Waals surface area (Å²) < 4.78 is 5.06. The predicted molar refractivity (Wildman–Crippen MR) is 75.0 cm³/mol. The Hall–Kier alpha value is -1.88. The molecule has 0 aromatic carbocycles. The van der Waals surface area contributed by atoms with Crippen LogP contribution < -0.4 is 10.2 Å². The molecule has 5 heteroatoms. The van der Waals surface area contributed by atoms with Crippen LogP contribution >= 0.6 is 0 Å². The standard InChI is InChI=1S/C14H20N4O/c1-4-15-7-13-8-16-14(17-11(13)2)18(3)9-12-5-6-19-10-12/h5-6,8,10,15H,4,7,9H2,1-3H3. The second-order valence-electron chi connectivity index (χ2n) is 4.55. The second-order valence-corrected chi connectivity index (χ2v) is 4.55. The van der Waals surface area contributed by atoms with Crippen molar-refractivity contribution in [2.45, 2.75) is 26.9 Å². The average Bonchev–Trinajstić information content (AvgIpc) is 2.90. The first-order valence-corrected chi connectivity index (χ1v) is 6.46. The molecule has 0 radical (unpaired) electrons. The summed E-state index contributed by atoms with van der Waals surface area (Å²) in [6.45, 7) is 6.60. The molecular formula is C14H20N4O. The molecular weight excluding hydrogens is 240 g/mol. The topological polar surface area (TPSA) is 54.2 Å². The van der Waals surface area contributed by atoms with Gasteiger partial charge >= 0.3 is 0 Å². The van der Waals surface area contributed by atoms with Gasteiger partial charge in [-0.25, -0.2) is 9.97 Å². The third-order valence-corrected chi connectivity index (χ3v) is 2.98. The van der Waals surface area contributed by atoms with E-state index in [4.69, 9.17) is 4.42 Å². The molecule has 2 heterocycles. The molecule has 0 fully saturated rings. The number of hydrogen-bond donors (Lipinski definition) is 1. The van der Waals surface area contributed by atoms with Crippen molar-refractivity contribution in [2.24, 2.45) is 0 Å². The first-order valence-electron chi connectivity index (χ1n) is 6.46. The Morgan fingerprint density at radius 3 is 2.89 bits per heavy atom. The predicted octanol–water partition coefficient (Wildman–Crippen LogP) is 2.12. The zero-order chi connectivity index (χ0) is 13.7. The molecule has 0 unspecified atom stereocenters. The van der Waals surface area contributed by atoms with Crippen LogP contribution in [0, 0.1) is 6.92 Å². The van der Waals surface area contributed by atoms with E-state index in [9.17, 15) is 0 Å². The molecule has 102 valence electrons. The van der Waals surface area contributed by atoms with Gasteiger partial charge in [0.1, 0.15) is 0 Å². The van der Waals surface area contributed by atoms with E-state index in [2.05, 4.69) is 22.2 Å². The van der Waals surface area contributed by atoms with Crippen LogP contribution in [-0.2, 0) is 13.1 Å². The second kappa shape index (κ2) is 6.33. The molecule has 2 aromatic rings. The monoisotopic (exact) mass is 260 g/mol. The maximum absolute atomic E-state index is 5.06. The van der Waals surface area contributed by atoms with Crippen molar-refractivity contribution >= 4 is 5.95 Å². The molecule has 0 saturated carbocycles. The average molecular weight is 260 g/mol. The molecule has 0 spiro atoms. The maximum Gasteiger partial charge on any atom is 0.225 e. The Balaban J connectivity index is 2.06. The quantitative estimate of drug-likeness (QED) is 0.862. The molecule has 0 amide bonds. The van der Waals surface area contributed by atoms with Gasteiger partial charge in [0.15, 0.2) is 0 Å². The van der Waals surface area contributed by atoms with Crippen molar-refractivity contribution in [2.75, 3.05) is 18.5 Å². The number of rotatable bonds is 6. The summed E-state index contributed by atoms with van der Waals surface area (Å²) in [6.07, 6.45) is 5.31. The minimum atomic E-state index is 0.735. The molecule has 2 rings (SSSR count). The number of aryl methyl sites for hydroxylation is 1. The molecule has 0 aliphatic carbocycles. The van der Waals surface area contributed by atoms with E-state index in [-0.39, 0.29) is 0 Å². The maximum atomic E-state index is 5.06. The highest BCUT2D eigenvalue weighted by Crippen LogP contribution is 2.13. The summed E-state index contributed by atoms with van der Waals surface area (Å²) in [6, 6.07) is 1.95. The largest absolute Gasteiger partial charge is 0.472 e. The SMILES string of the molecule is CCNCc1cnc(N(C)Cc2ccoc2)nc1C. The lowest BCUT2D eigenvalue weighted by atomic mass is 10.2. The Morgan fingerprint density at radius 2 is 2.26 bits per heavy atom. The van der Waals surface area contributed by atoms with E-state index < -0.39 is 0 Å². The van der Waals surface area contributed by atoms with Crippen molar-refractivity contribution in [1.29, 1.82) is 0 Å². The van der Waals surface area contributed by atoms with Gasteiger partial charge in [-0.3, -0.25) is 0 Å². The van der Waals surface area contributed by atoms with Crippen LogP contribution in [-0.4, -0.2) is 23.6 Å². The molecule has 2 aromatic heterocycles. The van der Waals surface area contributed by atoms with E-state index in [1.165, 1.54) is 0 Å². The third kappa shape index (κ3) is 3.54. The summed E-state index contributed by atoms with van der Waals surface area (Å²) in [5.74, 6) is 0.735. The molecule has 1 N–H and O–H groups in total. The zero-order valence-electron chi connectivity index (χ0n) is 11.7. The zero-order valence-corrected chi connectivity index (χ0v) is 11.7. The molecule has 19 heavy (non-hydrogen) atoms. The molecule has 0 aliphatic rings. The fraction of sp³-hybridized carbons (Fsp3) is 0.429. The lowest BCUT2D eigenvalue weighted by molar-refractivity contribution is 0.563. The van der Waals surface area contributed by atoms with Crippen LogP contribution in [0.5, 0.6) is 0 Å². The number of nitrogens with zero attached hydrogens (tertiary/aromatic N) is 3. The van der Waals surface area contributed by atoms with Crippen LogP contribution in [0.1, 0.15) is 23.7 Å². The van der Waals surface area contributed by atoms with Crippen LogP contribution in [0.25, 0.3) is 0 Å². The minimum Gasteiger partial charge on any atom is -0.472 e. The van der Waals surface area contributed by atoms with Gasteiger partial charge in [0.2, 0.25) is 5.95 Å². The molecule has 5 nitrogen and oxygen atoms in total. The van der Waals surface area contributed by atoms with Crippen molar-refractivity contribution in [3.8, 4) is 0 Å². The Labute approximate surface area is 113 Å². The Kier molecular flexibility index (Phi) is 4.52. The highest BCUT2D eigenvalue weighted by Gasteiger charge is 2.08. The van der Waals surface area contributed by atoms with Crippen molar-refractivity contribution in [3.63, 3.8) is 0 Å². The van der Waals surface area contributed by atoms with Gasteiger partial charge in [0.25, 0.3) is 0 Å². The van der Waals surface area contributed by atoms with E-state index in [1.54, 1.807) is 12.5 Å². The van der Waals surface area contributed by atoms with E-state index in [1.807, 2.05) is 31.1 Å². The lowest BCUT2D eigenvalue weighted by Crippen LogP contribution is -2.20. The summed E-state index contributed by atoms with van der Waals surface area (Å²) in [7, 11) is 1.98. The number of aromatic nitrogens is 2. The van der Waals surface area contributed by atoms with Gasteiger partial charge in [-0.2, -0.15) is 0 Å². The molecule has 0 aliphatic heterocycles. The van der Waals surface area contributed by atoms with Crippen molar-refractivity contribution < 1.29 is 4.42 Å². The summed E-state index contributed by atoms with van der Waals surface area (Å²) in [5, 5.41) is 3.28. The third-order valence-electron chi connectivity index (χ3n) is 2.98. The normalized spacial score (nSPS) is 10.7. The van der Waals surface area contributed by atoms with Crippen LogP contribution in [0.2, 0.25) is 0 Å². The smallest absolute Gasteiger partial charge is 0.225 e. The highest BCUT2D eigenvalue weighted by atomic mass is 16.3. The Morgan fingerprint density at radius 1 is 1.42 bits per heavy atom. The van der Waals surface area contributed by atoms with E-state index >= 15 is 0 Å². The minimum absolute atomic E-state index is 0.735. The van der Waals surface area contributed by atoms with Crippen LogP contribution in [0.4, 0.5) is 5.95 Å². The summed E-state index contributed by atoms with van der Waals surface area (Å²) >= 11 is 0. The Bertz CT molecular complexity index is 510. The summed E-state index contributed by atoms with van der Waals surface area (Å²) in [5.41, 5.74) is 3.27. The van der Waals surface area contributed by atoms with Gasteiger partial charge in [0.05, 0.1) is 12.5 Å². The highest BCUT2D eigenvalue weighted by molar-refractivity contribution is 5.33. The number of furan rings is 1. The number of hydrogen-bond acceptors (Lipinski definition) is 5. The fourth-order valence-corrected chi connectivity index (χ4v) is 1.82. The first-order chi connectivity index (χ1) is 9.20. The molecule has 0 atom stereocenters. The molecule has 0 bridgehead atoms. The van der Waals surface area contributed by atoms with Gasteiger partial charge < -0.3 is 14.6 Å². The number of nitrogens with one attached hydrogen (secondary N) is 1. The molecule has 0 saturated heterocycles. The van der Waals surface area contributed by atoms with Gasteiger partial charge in [-0.05, 0) is 19.5 Å². The van der Waals surface area contributed by atoms with Crippen molar-refractivity contribution in [1.82, 2.24) is 15.3 Å². The van der Waals surface area contributed by atoms with Crippen LogP contribution in [0.15, 0.2) is 29.2 Å². The van der Waals surface area contributed by atoms with Gasteiger partial charge in [-0.1, -0.05) is 6.92 Å². The van der Waals surface area contributed by atoms with Crippen LogP contribution in [0.3, 0.4) is 0 Å². The number of anilines is 1. The fourth-order valence-electron chi connectivity index (χ4n) is 1.82. The summed E-state index contributed by atoms with van der Waals surface area (Å²) in [4.78, 5) is 11.0. The van der Waals surface area contributed by atoms with Crippen molar-refractivity contribution in [3.05, 3.63) is 41.6 Å². The van der Waals surface area contributed by atoms with E-state index in [0.29, 0.717) is 0 Å².